The van der Waals surface area contributed by atoms with Gasteiger partial charge >= 0.3 is 0 Å². The lowest BCUT2D eigenvalue weighted by Crippen LogP contribution is -2.31. The minimum atomic E-state index is -0.242. The second kappa shape index (κ2) is 6.15. The lowest BCUT2D eigenvalue weighted by molar-refractivity contribution is -0.189. The molecule has 4 heteroatoms. The van der Waals surface area contributed by atoms with Gasteiger partial charge in [-0.1, -0.05) is 34.1 Å². The number of rotatable bonds is 6. The van der Waals surface area contributed by atoms with Crippen molar-refractivity contribution >= 4 is 11.8 Å². The van der Waals surface area contributed by atoms with Crippen molar-refractivity contribution in [2.24, 2.45) is 17.8 Å². The van der Waals surface area contributed by atoms with E-state index in [0.717, 1.165) is 24.3 Å². The minimum absolute atomic E-state index is 0.156. The molecule has 0 radical (unpaired) electrons. The predicted octanol–water partition coefficient (Wildman–Crippen LogP) is 2.39. The molecular weight excluding hydrogens is 218 g/mol. The molecule has 17 heavy (non-hydrogen) atoms. The van der Waals surface area contributed by atoms with E-state index in [0.29, 0.717) is 12.5 Å². The van der Waals surface area contributed by atoms with Gasteiger partial charge in [0.15, 0.2) is 0 Å². The van der Waals surface area contributed by atoms with Gasteiger partial charge in [-0.2, -0.15) is 5.06 Å². The van der Waals surface area contributed by atoms with Crippen molar-refractivity contribution < 1.29 is 14.4 Å². The summed E-state index contributed by atoms with van der Waals surface area (Å²) in [4.78, 5) is 29.2. The van der Waals surface area contributed by atoms with E-state index in [1.54, 1.807) is 0 Å². The molecule has 0 spiro atoms. The zero-order chi connectivity index (χ0) is 13.0. The van der Waals surface area contributed by atoms with Gasteiger partial charge in [0.25, 0.3) is 11.8 Å². The van der Waals surface area contributed by atoms with Gasteiger partial charge in [0.2, 0.25) is 0 Å². The molecule has 0 aromatic carbocycles. The summed E-state index contributed by atoms with van der Waals surface area (Å²) < 4.78 is 0. The number of amides is 2. The average Bonchev–Trinajstić information content (AvgIpc) is 2.51. The van der Waals surface area contributed by atoms with Gasteiger partial charge in [-0.15, -0.1) is 0 Å². The highest BCUT2D eigenvalue weighted by molar-refractivity contribution is 6.03. The Bertz CT molecular complexity index is 290. The van der Waals surface area contributed by atoms with Crippen molar-refractivity contribution in [1.82, 2.24) is 5.06 Å². The van der Waals surface area contributed by atoms with Crippen molar-refractivity contribution in [3.63, 3.8) is 0 Å². The molecule has 98 valence electrons. The Morgan fingerprint density at radius 3 is 2.47 bits per heavy atom. The van der Waals surface area contributed by atoms with Gasteiger partial charge in [0, 0.05) is 5.92 Å². The van der Waals surface area contributed by atoms with E-state index in [4.69, 9.17) is 4.84 Å². The van der Waals surface area contributed by atoms with Crippen molar-refractivity contribution in [2.75, 3.05) is 6.61 Å². The third-order valence-corrected chi connectivity index (χ3v) is 3.49. The molecule has 0 aliphatic carbocycles. The molecular formula is C13H23NO3. The first-order valence-corrected chi connectivity index (χ1v) is 6.53. The van der Waals surface area contributed by atoms with Crippen molar-refractivity contribution in [1.29, 1.82) is 0 Å². The van der Waals surface area contributed by atoms with Crippen LogP contribution in [-0.2, 0) is 14.4 Å². The molecule has 0 N–H and O–H groups in total. The quantitative estimate of drug-likeness (QED) is 0.671. The van der Waals surface area contributed by atoms with Crippen LogP contribution in [0, 0.1) is 17.8 Å². The Hall–Kier alpha value is -0.900. The summed E-state index contributed by atoms with van der Waals surface area (Å²) in [5.74, 6) is -0.319. The van der Waals surface area contributed by atoms with Crippen LogP contribution in [0.15, 0.2) is 0 Å². The van der Waals surface area contributed by atoms with Gasteiger partial charge < -0.3 is 0 Å². The summed E-state index contributed by atoms with van der Waals surface area (Å²) in [5.41, 5.74) is 0. The largest absolute Gasteiger partial charge is 0.272 e. The molecule has 0 saturated carbocycles. The Kier molecular flexibility index (Phi) is 5.12. The molecule has 3 atom stereocenters. The van der Waals surface area contributed by atoms with Crippen LogP contribution in [0.1, 0.15) is 47.0 Å². The lowest BCUT2D eigenvalue weighted by Gasteiger charge is -2.16. The van der Waals surface area contributed by atoms with Gasteiger partial charge in [-0.05, 0) is 18.8 Å². The summed E-state index contributed by atoms with van der Waals surface area (Å²) >= 11 is 0. The molecule has 4 nitrogen and oxygen atoms in total. The molecule has 0 bridgehead atoms. The Morgan fingerprint density at radius 1 is 1.29 bits per heavy atom. The monoisotopic (exact) mass is 241 g/mol. The predicted molar refractivity (Wildman–Crippen MR) is 64.8 cm³/mol. The van der Waals surface area contributed by atoms with Crippen LogP contribution in [0.5, 0.6) is 0 Å². The maximum Gasteiger partial charge on any atom is 0.257 e. The Balaban J connectivity index is 2.68. The highest BCUT2D eigenvalue weighted by Gasteiger charge is 2.46. The second-order valence-electron chi connectivity index (χ2n) is 4.95. The van der Waals surface area contributed by atoms with Crippen molar-refractivity contribution in [3.8, 4) is 0 Å². The third kappa shape index (κ3) is 3.06. The van der Waals surface area contributed by atoms with Gasteiger partial charge in [0.05, 0.1) is 12.5 Å². The fourth-order valence-electron chi connectivity index (χ4n) is 2.05. The van der Waals surface area contributed by atoms with Crippen LogP contribution in [-0.4, -0.2) is 23.5 Å². The average molecular weight is 241 g/mol. The summed E-state index contributed by atoms with van der Waals surface area (Å²) in [6.07, 6.45) is 2.59. The van der Waals surface area contributed by atoms with E-state index in [2.05, 4.69) is 13.8 Å². The van der Waals surface area contributed by atoms with Crippen LogP contribution < -0.4 is 0 Å². The number of hydrogen-bond donors (Lipinski definition) is 0. The molecule has 0 aromatic rings. The van der Waals surface area contributed by atoms with E-state index < -0.39 is 0 Å². The molecule has 1 aliphatic heterocycles. The van der Waals surface area contributed by atoms with Crippen LogP contribution in [0.4, 0.5) is 0 Å². The number of nitrogens with zero attached hydrogens (tertiary/aromatic N) is 1. The standard InChI is InChI=1S/C13H23NO3/c1-5-7-17-14-12(15)10(4)11(13(14)16)8-9(3)6-2/h9-11H,5-8H2,1-4H3. The van der Waals surface area contributed by atoms with Crippen molar-refractivity contribution in [2.45, 2.75) is 47.0 Å². The summed E-state index contributed by atoms with van der Waals surface area (Å²) in [6, 6.07) is 0. The van der Waals surface area contributed by atoms with E-state index in [1.807, 2.05) is 13.8 Å². The molecule has 3 unspecified atom stereocenters. The normalized spacial score (nSPS) is 26.7. The second-order valence-corrected chi connectivity index (χ2v) is 4.95. The molecule has 1 aliphatic rings. The van der Waals surface area contributed by atoms with Gasteiger partial charge in [-0.25, -0.2) is 0 Å². The first-order chi connectivity index (χ1) is 8.02. The molecule has 0 aromatic heterocycles. The number of imide groups is 1. The van der Waals surface area contributed by atoms with Gasteiger partial charge in [0.1, 0.15) is 0 Å². The fraction of sp³-hybridized carbons (Fsp3) is 0.846. The fourth-order valence-corrected chi connectivity index (χ4v) is 2.05. The summed E-state index contributed by atoms with van der Waals surface area (Å²) in [5, 5.41) is 0.987. The zero-order valence-corrected chi connectivity index (χ0v) is 11.2. The highest BCUT2D eigenvalue weighted by Crippen LogP contribution is 2.32. The number of carbonyl (C=O) groups excluding carboxylic acids is 2. The first kappa shape index (κ1) is 14.2. The van der Waals surface area contributed by atoms with E-state index >= 15 is 0 Å². The first-order valence-electron chi connectivity index (χ1n) is 6.53. The minimum Gasteiger partial charge on any atom is -0.272 e. The Labute approximate surface area is 103 Å². The van der Waals surface area contributed by atoms with Crippen LogP contribution >= 0.6 is 0 Å². The van der Waals surface area contributed by atoms with Gasteiger partial charge in [-0.3, -0.25) is 14.4 Å². The number of hydroxylamine groups is 2. The molecule has 1 fully saturated rings. The van der Waals surface area contributed by atoms with Crippen LogP contribution in [0.25, 0.3) is 0 Å². The highest BCUT2D eigenvalue weighted by atomic mass is 16.7. The third-order valence-electron chi connectivity index (χ3n) is 3.49. The molecule has 1 heterocycles. The summed E-state index contributed by atoms with van der Waals surface area (Å²) in [7, 11) is 0. The maximum absolute atomic E-state index is 12.1. The number of hydrogen-bond acceptors (Lipinski definition) is 3. The van der Waals surface area contributed by atoms with Crippen LogP contribution in [0.2, 0.25) is 0 Å². The lowest BCUT2D eigenvalue weighted by atomic mass is 9.87. The summed E-state index contributed by atoms with van der Waals surface area (Å²) in [6.45, 7) is 8.40. The molecule has 2 amide bonds. The molecule has 1 rings (SSSR count). The van der Waals surface area contributed by atoms with E-state index in [-0.39, 0.29) is 23.7 Å². The van der Waals surface area contributed by atoms with E-state index in [1.165, 1.54) is 0 Å². The topological polar surface area (TPSA) is 46.6 Å². The maximum atomic E-state index is 12.1. The number of carbonyl (C=O) groups is 2. The smallest absolute Gasteiger partial charge is 0.257 e. The molecule has 1 saturated heterocycles. The van der Waals surface area contributed by atoms with Crippen LogP contribution in [0.3, 0.4) is 0 Å². The Morgan fingerprint density at radius 2 is 1.94 bits per heavy atom. The van der Waals surface area contributed by atoms with Crippen molar-refractivity contribution in [3.05, 3.63) is 0 Å². The SMILES string of the molecule is CCCON1C(=O)C(C)C(CC(C)CC)C1=O. The zero-order valence-electron chi connectivity index (χ0n) is 11.2. The van der Waals surface area contributed by atoms with E-state index in [9.17, 15) is 9.59 Å².